The Morgan fingerprint density at radius 2 is 1.45 bits per heavy atom. The number of hydroxylamine groups is 2. The van der Waals surface area contributed by atoms with Crippen molar-refractivity contribution in [3.05, 3.63) is 77.0 Å². The van der Waals surface area contributed by atoms with E-state index in [1.807, 2.05) is 48.5 Å². The predicted molar refractivity (Wildman–Crippen MR) is 91.1 cm³/mol. The van der Waals surface area contributed by atoms with Gasteiger partial charge in [0, 0.05) is 12.6 Å². The highest BCUT2D eigenvalue weighted by Gasteiger charge is 2.26. The first-order valence-corrected chi connectivity index (χ1v) is 8.37. The van der Waals surface area contributed by atoms with Gasteiger partial charge in [0.1, 0.15) is 0 Å². The van der Waals surface area contributed by atoms with E-state index in [1.54, 1.807) is 0 Å². The second-order valence-corrected chi connectivity index (χ2v) is 6.31. The smallest absolute Gasteiger partial charge is 0.0262 e. The molecule has 0 spiro atoms. The Balaban J connectivity index is 1.81. The van der Waals surface area contributed by atoms with Gasteiger partial charge in [0.15, 0.2) is 0 Å². The summed E-state index contributed by atoms with van der Waals surface area (Å²) >= 11 is 0. The molecular formula is C20H24NO-. The molecule has 0 aromatic heterocycles. The molecule has 22 heavy (non-hydrogen) atoms. The van der Waals surface area contributed by atoms with Gasteiger partial charge >= 0.3 is 0 Å². The van der Waals surface area contributed by atoms with Crippen LogP contribution in [-0.4, -0.2) is 5.06 Å². The Kier molecular flexibility index (Phi) is 5.25. The summed E-state index contributed by atoms with van der Waals surface area (Å²) in [5, 5.41) is 14.2. The molecule has 2 heteroatoms. The fourth-order valence-corrected chi connectivity index (χ4v) is 3.64. The summed E-state index contributed by atoms with van der Waals surface area (Å²) in [6, 6.07) is 20.4. The Morgan fingerprint density at radius 1 is 0.864 bits per heavy atom. The summed E-state index contributed by atoms with van der Waals surface area (Å²) in [4.78, 5) is 0. The first kappa shape index (κ1) is 15.3. The van der Waals surface area contributed by atoms with Gasteiger partial charge in [0.05, 0.1) is 0 Å². The van der Waals surface area contributed by atoms with Gasteiger partial charge in [-0.25, -0.2) is 0 Å². The standard InChI is InChI=1S/C20H24NO/c22-21(16-17-10-4-1-5-11-17)20(18-12-6-2-7-13-18)19-14-8-3-9-15-19/h1-2,4-7,10-13,19-20H,3,8-9,14-16H2/q-1. The highest BCUT2D eigenvalue weighted by Crippen LogP contribution is 2.38. The fraction of sp³-hybridized carbons (Fsp3) is 0.400. The molecule has 0 bridgehead atoms. The van der Waals surface area contributed by atoms with Crippen LogP contribution in [0, 0.1) is 11.1 Å². The average molecular weight is 294 g/mol. The van der Waals surface area contributed by atoms with Crippen molar-refractivity contribution >= 4 is 0 Å². The van der Waals surface area contributed by atoms with Crippen LogP contribution in [0.5, 0.6) is 0 Å². The lowest BCUT2D eigenvalue weighted by Crippen LogP contribution is -2.30. The number of hydrogen-bond acceptors (Lipinski definition) is 2. The van der Waals surface area contributed by atoms with Crippen LogP contribution in [-0.2, 0) is 6.54 Å². The van der Waals surface area contributed by atoms with E-state index < -0.39 is 0 Å². The molecule has 116 valence electrons. The van der Waals surface area contributed by atoms with Crippen LogP contribution in [0.3, 0.4) is 0 Å². The molecule has 1 aliphatic rings. The van der Waals surface area contributed by atoms with Crippen molar-refractivity contribution in [1.29, 1.82) is 0 Å². The first-order valence-electron chi connectivity index (χ1n) is 8.37. The fourth-order valence-electron chi connectivity index (χ4n) is 3.64. The normalized spacial score (nSPS) is 17.5. The second kappa shape index (κ2) is 7.57. The second-order valence-electron chi connectivity index (χ2n) is 6.31. The van der Waals surface area contributed by atoms with E-state index in [0.717, 1.165) is 5.56 Å². The van der Waals surface area contributed by atoms with Gasteiger partial charge in [-0.3, -0.25) is 0 Å². The molecule has 0 saturated heterocycles. The van der Waals surface area contributed by atoms with Crippen LogP contribution < -0.4 is 0 Å². The largest absolute Gasteiger partial charge is 0.784 e. The monoisotopic (exact) mass is 294 g/mol. The minimum absolute atomic E-state index is 0.0123. The van der Waals surface area contributed by atoms with Crippen LogP contribution in [0.4, 0.5) is 0 Å². The number of hydrogen-bond donors (Lipinski definition) is 0. The van der Waals surface area contributed by atoms with E-state index >= 15 is 0 Å². The Hall–Kier alpha value is -1.64. The van der Waals surface area contributed by atoms with Gasteiger partial charge in [-0.2, -0.15) is 0 Å². The van der Waals surface area contributed by atoms with E-state index in [1.165, 1.54) is 42.7 Å². The molecule has 0 heterocycles. The topological polar surface area (TPSA) is 26.3 Å². The predicted octanol–water partition coefficient (Wildman–Crippen LogP) is 5.31. The Labute approximate surface area is 133 Å². The molecule has 0 radical (unpaired) electrons. The maximum atomic E-state index is 12.9. The van der Waals surface area contributed by atoms with Gasteiger partial charge in [0.25, 0.3) is 0 Å². The molecule has 1 atom stereocenters. The minimum Gasteiger partial charge on any atom is -0.784 e. The zero-order valence-corrected chi connectivity index (χ0v) is 13.0. The Morgan fingerprint density at radius 3 is 2.09 bits per heavy atom. The molecule has 2 aromatic carbocycles. The Bertz CT molecular complexity index is 548. The highest BCUT2D eigenvalue weighted by atomic mass is 16.5. The number of rotatable bonds is 5. The van der Waals surface area contributed by atoms with Gasteiger partial charge in [-0.05, 0) is 29.9 Å². The van der Waals surface area contributed by atoms with E-state index in [4.69, 9.17) is 0 Å². The van der Waals surface area contributed by atoms with Crippen LogP contribution in [0.2, 0.25) is 0 Å². The van der Waals surface area contributed by atoms with Crippen LogP contribution in [0.25, 0.3) is 0 Å². The van der Waals surface area contributed by atoms with Crippen LogP contribution in [0.15, 0.2) is 60.7 Å². The number of benzene rings is 2. The van der Waals surface area contributed by atoms with E-state index in [-0.39, 0.29) is 6.04 Å². The number of nitrogens with zero attached hydrogens (tertiary/aromatic N) is 1. The van der Waals surface area contributed by atoms with Crippen molar-refractivity contribution < 1.29 is 0 Å². The molecule has 1 fully saturated rings. The summed E-state index contributed by atoms with van der Waals surface area (Å²) in [5.74, 6) is 0.484. The van der Waals surface area contributed by atoms with Crippen LogP contribution >= 0.6 is 0 Å². The van der Waals surface area contributed by atoms with Gasteiger partial charge in [0.2, 0.25) is 0 Å². The lowest BCUT2D eigenvalue weighted by Gasteiger charge is -2.43. The third-order valence-electron chi connectivity index (χ3n) is 4.73. The molecule has 1 saturated carbocycles. The van der Waals surface area contributed by atoms with Gasteiger partial charge in [-0.15, -0.1) is 0 Å². The van der Waals surface area contributed by atoms with Gasteiger partial charge in [-0.1, -0.05) is 79.9 Å². The third-order valence-corrected chi connectivity index (χ3v) is 4.73. The zero-order valence-electron chi connectivity index (χ0n) is 13.0. The van der Waals surface area contributed by atoms with E-state index in [0.29, 0.717) is 12.5 Å². The summed E-state index contributed by atoms with van der Waals surface area (Å²) in [7, 11) is 0. The maximum Gasteiger partial charge on any atom is 0.0262 e. The highest BCUT2D eigenvalue weighted by molar-refractivity contribution is 5.21. The summed E-state index contributed by atoms with van der Waals surface area (Å²) in [6.07, 6.45) is 6.18. The lowest BCUT2D eigenvalue weighted by molar-refractivity contribution is 0.159. The SMILES string of the molecule is [O-]N(Cc1ccccc1)C(c1ccccc1)C1CCCCC1. The van der Waals surface area contributed by atoms with Crippen molar-refractivity contribution in [2.45, 2.75) is 44.7 Å². The van der Waals surface area contributed by atoms with Crippen molar-refractivity contribution in [3.8, 4) is 0 Å². The zero-order chi connectivity index (χ0) is 15.2. The van der Waals surface area contributed by atoms with Crippen LogP contribution in [0.1, 0.15) is 49.3 Å². The van der Waals surface area contributed by atoms with Crippen molar-refractivity contribution in [1.82, 2.24) is 5.06 Å². The molecule has 2 aromatic rings. The molecule has 1 aliphatic carbocycles. The first-order chi connectivity index (χ1) is 10.8. The van der Waals surface area contributed by atoms with E-state index in [2.05, 4.69) is 12.1 Å². The molecule has 1 unspecified atom stereocenters. The van der Waals surface area contributed by atoms with E-state index in [9.17, 15) is 5.21 Å². The third kappa shape index (κ3) is 3.76. The summed E-state index contributed by atoms with van der Waals surface area (Å²) < 4.78 is 0. The molecule has 0 aliphatic heterocycles. The maximum absolute atomic E-state index is 12.9. The van der Waals surface area contributed by atoms with Gasteiger partial charge < -0.3 is 10.3 Å². The molecule has 2 nitrogen and oxygen atoms in total. The lowest BCUT2D eigenvalue weighted by atomic mass is 9.81. The molecular weight excluding hydrogens is 270 g/mol. The average Bonchev–Trinajstić information content (AvgIpc) is 2.58. The quantitative estimate of drug-likeness (QED) is 0.699. The molecule has 0 N–H and O–H groups in total. The molecule has 0 amide bonds. The van der Waals surface area contributed by atoms with Crippen molar-refractivity contribution in [2.75, 3.05) is 0 Å². The summed E-state index contributed by atoms with van der Waals surface area (Å²) in [5.41, 5.74) is 2.26. The molecule has 3 rings (SSSR count). The summed E-state index contributed by atoms with van der Waals surface area (Å²) in [6.45, 7) is 0.469. The van der Waals surface area contributed by atoms with Crippen molar-refractivity contribution in [2.24, 2.45) is 5.92 Å². The minimum atomic E-state index is -0.0123. The van der Waals surface area contributed by atoms with Crippen molar-refractivity contribution in [3.63, 3.8) is 0 Å².